The van der Waals surface area contributed by atoms with Crippen LogP contribution in [0.1, 0.15) is 39.5 Å². The lowest BCUT2D eigenvalue weighted by atomic mass is 10.2. The van der Waals surface area contributed by atoms with Crippen molar-refractivity contribution < 1.29 is 5.11 Å². The van der Waals surface area contributed by atoms with Gasteiger partial charge in [-0.1, -0.05) is 26.7 Å². The van der Waals surface area contributed by atoms with Crippen LogP contribution in [0, 0.1) is 0 Å². The predicted octanol–water partition coefficient (Wildman–Crippen LogP) is 1.54. The van der Waals surface area contributed by atoms with Gasteiger partial charge in [0.05, 0.1) is 6.61 Å². The molecule has 0 aromatic carbocycles. The molecule has 1 atom stereocenters. The van der Waals surface area contributed by atoms with Gasteiger partial charge in [0.2, 0.25) is 0 Å². The maximum atomic E-state index is 8.89. The second-order valence-electron chi connectivity index (χ2n) is 2.98. The van der Waals surface area contributed by atoms with Gasteiger partial charge in [0.25, 0.3) is 0 Å². The van der Waals surface area contributed by atoms with E-state index >= 15 is 0 Å². The Morgan fingerprint density at radius 2 is 2.00 bits per heavy atom. The van der Waals surface area contributed by atoms with Crippen molar-refractivity contribution in [1.82, 2.24) is 5.32 Å². The molecule has 0 aromatic rings. The Hall–Kier alpha value is -0.0800. The Bertz CT molecular complexity index is 76.0. The Kier molecular flexibility index (Phi) is 7.96. The number of aliphatic hydroxyl groups is 1. The zero-order valence-electron chi connectivity index (χ0n) is 7.77. The number of rotatable bonds is 7. The molecule has 0 aliphatic heterocycles. The van der Waals surface area contributed by atoms with Crippen LogP contribution in [0.5, 0.6) is 0 Å². The summed E-state index contributed by atoms with van der Waals surface area (Å²) in [6, 6.07) is 0.326. The van der Waals surface area contributed by atoms with E-state index in [2.05, 4.69) is 19.2 Å². The molecule has 0 saturated heterocycles. The standard InChI is InChI=1S/C9H21NO/c1-3-5-7-10-9(8-11)6-4-2/h9-11H,3-8H2,1-2H3. The van der Waals surface area contributed by atoms with Crippen molar-refractivity contribution in [3.63, 3.8) is 0 Å². The lowest BCUT2D eigenvalue weighted by Gasteiger charge is -2.14. The zero-order chi connectivity index (χ0) is 8.53. The SMILES string of the molecule is CCCCNC(CO)CCC. The third-order valence-electron chi connectivity index (χ3n) is 1.82. The van der Waals surface area contributed by atoms with E-state index in [-0.39, 0.29) is 6.61 Å². The van der Waals surface area contributed by atoms with Gasteiger partial charge in [0.15, 0.2) is 0 Å². The number of nitrogens with one attached hydrogen (secondary N) is 1. The molecule has 0 aliphatic rings. The summed E-state index contributed by atoms with van der Waals surface area (Å²) in [7, 11) is 0. The monoisotopic (exact) mass is 159 g/mol. The number of hydrogen-bond donors (Lipinski definition) is 2. The number of aliphatic hydroxyl groups excluding tert-OH is 1. The van der Waals surface area contributed by atoms with Crippen LogP contribution in [0.3, 0.4) is 0 Å². The summed E-state index contributed by atoms with van der Waals surface area (Å²) in [5.74, 6) is 0. The van der Waals surface area contributed by atoms with E-state index in [4.69, 9.17) is 5.11 Å². The largest absolute Gasteiger partial charge is 0.395 e. The molecular weight excluding hydrogens is 138 g/mol. The molecule has 0 amide bonds. The van der Waals surface area contributed by atoms with Crippen LogP contribution in [-0.4, -0.2) is 24.3 Å². The fraction of sp³-hybridized carbons (Fsp3) is 1.00. The summed E-state index contributed by atoms with van der Waals surface area (Å²) in [5, 5.41) is 12.2. The topological polar surface area (TPSA) is 32.3 Å². The van der Waals surface area contributed by atoms with Crippen molar-refractivity contribution in [3.05, 3.63) is 0 Å². The second kappa shape index (κ2) is 8.02. The van der Waals surface area contributed by atoms with Gasteiger partial charge in [-0.25, -0.2) is 0 Å². The van der Waals surface area contributed by atoms with E-state index in [1.807, 2.05) is 0 Å². The molecule has 0 saturated carbocycles. The van der Waals surface area contributed by atoms with Gasteiger partial charge in [-0.15, -0.1) is 0 Å². The highest BCUT2D eigenvalue weighted by atomic mass is 16.3. The van der Waals surface area contributed by atoms with Crippen LogP contribution in [0.15, 0.2) is 0 Å². The minimum absolute atomic E-state index is 0.275. The molecule has 2 nitrogen and oxygen atoms in total. The van der Waals surface area contributed by atoms with E-state index in [0.717, 1.165) is 19.4 Å². The van der Waals surface area contributed by atoms with E-state index in [0.29, 0.717) is 6.04 Å². The fourth-order valence-electron chi connectivity index (χ4n) is 1.09. The molecule has 0 heterocycles. The molecular formula is C9H21NO. The first-order chi connectivity index (χ1) is 5.35. The van der Waals surface area contributed by atoms with Crippen molar-refractivity contribution in [2.24, 2.45) is 0 Å². The summed E-state index contributed by atoms with van der Waals surface area (Å²) in [6.45, 7) is 5.64. The Labute approximate surface area is 70.0 Å². The zero-order valence-corrected chi connectivity index (χ0v) is 7.77. The summed E-state index contributed by atoms with van der Waals surface area (Å²) in [5.41, 5.74) is 0. The Balaban J connectivity index is 3.20. The highest BCUT2D eigenvalue weighted by Crippen LogP contribution is 1.95. The van der Waals surface area contributed by atoms with Crippen molar-refractivity contribution in [3.8, 4) is 0 Å². The first-order valence-corrected chi connectivity index (χ1v) is 4.69. The Morgan fingerprint density at radius 3 is 2.45 bits per heavy atom. The van der Waals surface area contributed by atoms with Gasteiger partial charge in [0, 0.05) is 6.04 Å². The molecule has 1 unspecified atom stereocenters. The molecule has 0 rings (SSSR count). The number of unbranched alkanes of at least 4 members (excludes halogenated alkanes) is 1. The summed E-state index contributed by atoms with van der Waals surface area (Å²) in [4.78, 5) is 0. The van der Waals surface area contributed by atoms with Crippen LogP contribution < -0.4 is 5.32 Å². The van der Waals surface area contributed by atoms with E-state index in [9.17, 15) is 0 Å². The highest BCUT2D eigenvalue weighted by molar-refractivity contribution is 4.63. The number of hydrogen-bond acceptors (Lipinski definition) is 2. The summed E-state index contributed by atoms with van der Waals surface area (Å²) >= 11 is 0. The van der Waals surface area contributed by atoms with Gasteiger partial charge in [-0.2, -0.15) is 0 Å². The smallest absolute Gasteiger partial charge is 0.0584 e. The molecule has 0 spiro atoms. The van der Waals surface area contributed by atoms with Gasteiger partial charge in [-0.05, 0) is 19.4 Å². The lowest BCUT2D eigenvalue weighted by molar-refractivity contribution is 0.234. The Morgan fingerprint density at radius 1 is 1.27 bits per heavy atom. The lowest BCUT2D eigenvalue weighted by Crippen LogP contribution is -2.32. The molecule has 11 heavy (non-hydrogen) atoms. The maximum Gasteiger partial charge on any atom is 0.0584 e. The highest BCUT2D eigenvalue weighted by Gasteiger charge is 2.02. The molecule has 68 valence electrons. The summed E-state index contributed by atoms with van der Waals surface area (Å²) in [6.07, 6.45) is 4.65. The molecule has 0 bridgehead atoms. The molecule has 2 heteroatoms. The molecule has 0 aromatic heterocycles. The normalized spacial score (nSPS) is 13.4. The van der Waals surface area contributed by atoms with Crippen molar-refractivity contribution in [2.75, 3.05) is 13.2 Å². The first-order valence-electron chi connectivity index (χ1n) is 4.69. The van der Waals surface area contributed by atoms with Gasteiger partial charge < -0.3 is 10.4 Å². The average Bonchev–Trinajstić information content (AvgIpc) is 2.03. The van der Waals surface area contributed by atoms with Crippen LogP contribution in [0.2, 0.25) is 0 Å². The average molecular weight is 159 g/mol. The van der Waals surface area contributed by atoms with Crippen molar-refractivity contribution >= 4 is 0 Å². The molecule has 2 N–H and O–H groups in total. The van der Waals surface area contributed by atoms with Gasteiger partial charge >= 0.3 is 0 Å². The van der Waals surface area contributed by atoms with Crippen LogP contribution in [0.25, 0.3) is 0 Å². The first kappa shape index (κ1) is 10.9. The van der Waals surface area contributed by atoms with E-state index in [1.165, 1.54) is 12.8 Å². The van der Waals surface area contributed by atoms with Gasteiger partial charge in [0.1, 0.15) is 0 Å². The van der Waals surface area contributed by atoms with E-state index < -0.39 is 0 Å². The van der Waals surface area contributed by atoms with Gasteiger partial charge in [-0.3, -0.25) is 0 Å². The van der Waals surface area contributed by atoms with Crippen LogP contribution >= 0.6 is 0 Å². The van der Waals surface area contributed by atoms with Crippen LogP contribution in [-0.2, 0) is 0 Å². The van der Waals surface area contributed by atoms with Crippen LogP contribution in [0.4, 0.5) is 0 Å². The van der Waals surface area contributed by atoms with Crippen molar-refractivity contribution in [2.45, 2.75) is 45.6 Å². The fourth-order valence-corrected chi connectivity index (χ4v) is 1.09. The molecule has 0 aliphatic carbocycles. The summed E-state index contributed by atoms with van der Waals surface area (Å²) < 4.78 is 0. The van der Waals surface area contributed by atoms with Crippen molar-refractivity contribution in [1.29, 1.82) is 0 Å². The minimum Gasteiger partial charge on any atom is -0.395 e. The predicted molar refractivity (Wildman–Crippen MR) is 48.7 cm³/mol. The maximum absolute atomic E-state index is 8.89. The molecule has 0 radical (unpaired) electrons. The third kappa shape index (κ3) is 6.32. The minimum atomic E-state index is 0.275. The second-order valence-corrected chi connectivity index (χ2v) is 2.98. The quantitative estimate of drug-likeness (QED) is 0.552. The molecule has 0 fully saturated rings. The third-order valence-corrected chi connectivity index (χ3v) is 1.82. The van der Waals surface area contributed by atoms with E-state index in [1.54, 1.807) is 0 Å².